The Labute approximate surface area is 179 Å². The Bertz CT molecular complexity index is 1280. The zero-order valence-electron chi connectivity index (χ0n) is 16.1. The fourth-order valence-electron chi connectivity index (χ4n) is 5.32. The SMILES string of the molecule is O=C1c2ccccc2C(=O)c2c1ccc1c2[C@@H]2C=CC[C@@H]2[C@H](c2ccccc2Cl)N1. The van der Waals surface area contributed by atoms with Gasteiger partial charge in [0.2, 0.25) is 0 Å². The lowest BCUT2D eigenvalue weighted by Crippen LogP contribution is -2.32. The topological polar surface area (TPSA) is 46.2 Å². The first-order valence-electron chi connectivity index (χ1n) is 10.2. The van der Waals surface area contributed by atoms with Crippen LogP contribution in [0.1, 0.15) is 61.4 Å². The third kappa shape index (κ3) is 2.33. The molecule has 1 heterocycles. The lowest BCUT2D eigenvalue weighted by molar-refractivity contribution is 0.0978. The molecule has 3 aromatic rings. The molecule has 3 nitrogen and oxygen atoms in total. The van der Waals surface area contributed by atoms with E-state index in [-0.39, 0.29) is 29.4 Å². The fourth-order valence-corrected chi connectivity index (χ4v) is 5.57. The smallest absolute Gasteiger partial charge is 0.194 e. The Hall–Kier alpha value is -3.17. The Balaban J connectivity index is 1.55. The van der Waals surface area contributed by atoms with E-state index in [1.165, 1.54) is 0 Å². The summed E-state index contributed by atoms with van der Waals surface area (Å²) in [5, 5.41) is 4.39. The van der Waals surface area contributed by atoms with Crippen molar-refractivity contribution in [2.75, 3.05) is 5.32 Å². The van der Waals surface area contributed by atoms with Crippen LogP contribution >= 0.6 is 11.6 Å². The van der Waals surface area contributed by atoms with Crippen molar-refractivity contribution in [3.05, 3.63) is 111 Å². The zero-order chi connectivity index (χ0) is 20.4. The second-order valence-electron chi connectivity index (χ2n) is 8.15. The molecule has 0 bridgehead atoms. The summed E-state index contributed by atoms with van der Waals surface area (Å²) >= 11 is 6.53. The Morgan fingerprint density at radius 2 is 1.57 bits per heavy atom. The van der Waals surface area contributed by atoms with Crippen LogP contribution in [0.5, 0.6) is 0 Å². The van der Waals surface area contributed by atoms with Gasteiger partial charge in [0.05, 0.1) is 6.04 Å². The summed E-state index contributed by atoms with van der Waals surface area (Å²) in [5.41, 5.74) is 4.97. The Kier molecular flexibility index (Phi) is 3.78. The van der Waals surface area contributed by atoms with Crippen molar-refractivity contribution in [2.24, 2.45) is 5.92 Å². The number of carbonyl (C=O) groups is 2. The van der Waals surface area contributed by atoms with E-state index < -0.39 is 0 Å². The number of allylic oxidation sites excluding steroid dienone is 2. The van der Waals surface area contributed by atoms with Gasteiger partial charge in [0.25, 0.3) is 0 Å². The maximum Gasteiger partial charge on any atom is 0.194 e. The summed E-state index contributed by atoms with van der Waals surface area (Å²) in [6.07, 6.45) is 5.26. The Morgan fingerprint density at radius 3 is 2.37 bits per heavy atom. The molecule has 2 aliphatic carbocycles. The molecule has 0 radical (unpaired) electrons. The van der Waals surface area contributed by atoms with Crippen LogP contribution in [0.3, 0.4) is 0 Å². The zero-order valence-corrected chi connectivity index (χ0v) is 16.8. The number of hydrogen-bond acceptors (Lipinski definition) is 3. The van der Waals surface area contributed by atoms with Crippen LogP contribution in [0.2, 0.25) is 5.02 Å². The molecule has 6 rings (SSSR count). The van der Waals surface area contributed by atoms with Gasteiger partial charge < -0.3 is 5.32 Å². The molecule has 3 aromatic carbocycles. The van der Waals surface area contributed by atoms with Crippen molar-refractivity contribution in [3.63, 3.8) is 0 Å². The van der Waals surface area contributed by atoms with E-state index >= 15 is 0 Å². The highest BCUT2D eigenvalue weighted by Gasteiger charge is 2.43. The van der Waals surface area contributed by atoms with Crippen molar-refractivity contribution in [2.45, 2.75) is 18.4 Å². The molecule has 0 aromatic heterocycles. The number of nitrogens with one attached hydrogen (secondary N) is 1. The Morgan fingerprint density at radius 1 is 0.833 bits per heavy atom. The first-order chi connectivity index (χ1) is 14.6. The van der Waals surface area contributed by atoms with E-state index in [4.69, 9.17) is 11.6 Å². The van der Waals surface area contributed by atoms with Crippen LogP contribution in [-0.4, -0.2) is 11.6 Å². The highest BCUT2D eigenvalue weighted by atomic mass is 35.5. The van der Waals surface area contributed by atoms with Crippen LogP contribution in [0.25, 0.3) is 0 Å². The monoisotopic (exact) mass is 411 g/mol. The fraction of sp³-hybridized carbons (Fsp3) is 0.154. The van der Waals surface area contributed by atoms with Crippen molar-refractivity contribution < 1.29 is 9.59 Å². The molecule has 30 heavy (non-hydrogen) atoms. The summed E-state index contributed by atoms with van der Waals surface area (Å²) in [6.45, 7) is 0. The van der Waals surface area contributed by atoms with E-state index in [2.05, 4.69) is 23.5 Å². The minimum absolute atomic E-state index is 0.0472. The van der Waals surface area contributed by atoms with Crippen molar-refractivity contribution >= 4 is 28.9 Å². The molecule has 0 amide bonds. The van der Waals surface area contributed by atoms with E-state index in [9.17, 15) is 9.59 Å². The third-order valence-electron chi connectivity index (χ3n) is 6.66. The molecule has 1 aliphatic heterocycles. The first kappa shape index (κ1) is 17.7. The summed E-state index contributed by atoms with van der Waals surface area (Å²) in [7, 11) is 0. The lowest BCUT2D eigenvalue weighted by Gasteiger charge is -2.39. The van der Waals surface area contributed by atoms with Gasteiger partial charge in [-0.1, -0.05) is 66.2 Å². The number of halogens is 1. The summed E-state index contributed by atoms with van der Waals surface area (Å²) < 4.78 is 0. The van der Waals surface area contributed by atoms with Crippen LogP contribution in [-0.2, 0) is 0 Å². The number of carbonyl (C=O) groups excluding carboxylic acids is 2. The quantitative estimate of drug-likeness (QED) is 0.394. The number of fused-ring (bicyclic) bond motifs is 6. The minimum Gasteiger partial charge on any atom is -0.378 e. The molecular weight excluding hydrogens is 394 g/mol. The van der Waals surface area contributed by atoms with Gasteiger partial charge in [0.1, 0.15) is 0 Å². The molecule has 4 heteroatoms. The molecule has 0 unspecified atom stereocenters. The van der Waals surface area contributed by atoms with E-state index in [1.54, 1.807) is 24.3 Å². The molecule has 1 N–H and O–H groups in total. The molecular formula is C26H18ClNO2. The van der Waals surface area contributed by atoms with Crippen LogP contribution in [0.4, 0.5) is 5.69 Å². The maximum absolute atomic E-state index is 13.5. The number of anilines is 1. The number of benzene rings is 3. The van der Waals surface area contributed by atoms with Crippen LogP contribution in [0.15, 0.2) is 72.8 Å². The molecule has 3 aliphatic rings. The number of ketones is 2. The van der Waals surface area contributed by atoms with E-state index in [0.717, 1.165) is 28.3 Å². The van der Waals surface area contributed by atoms with Crippen molar-refractivity contribution in [3.8, 4) is 0 Å². The molecule has 0 fully saturated rings. The lowest BCUT2D eigenvalue weighted by atomic mass is 9.71. The van der Waals surface area contributed by atoms with Gasteiger partial charge in [-0.25, -0.2) is 0 Å². The normalized spacial score (nSPS) is 23.3. The summed E-state index contributed by atoms with van der Waals surface area (Å²) in [6, 6.07) is 18.8. The predicted octanol–water partition coefficient (Wildman–Crippen LogP) is 5.94. The predicted molar refractivity (Wildman–Crippen MR) is 118 cm³/mol. The van der Waals surface area contributed by atoms with Gasteiger partial charge in [-0.3, -0.25) is 9.59 Å². The minimum atomic E-state index is -0.0743. The molecule has 0 saturated heterocycles. The third-order valence-corrected chi connectivity index (χ3v) is 7.00. The van der Waals surface area contributed by atoms with Gasteiger partial charge in [-0.15, -0.1) is 0 Å². The van der Waals surface area contributed by atoms with Gasteiger partial charge in [0, 0.05) is 38.9 Å². The average molecular weight is 412 g/mol. The standard InChI is InChI=1S/C26H18ClNO2/c27-20-11-4-3-8-18(20)24-15-10-5-9-14(15)22-21(28-24)13-12-19-23(22)26(30)17-7-2-1-6-16(17)25(19)29/h1-9,11-15,24,28H,10H2/t14-,15+,24-/m1/s1. The average Bonchev–Trinajstić information content (AvgIpc) is 3.27. The summed E-state index contributed by atoms with van der Waals surface area (Å²) in [5.74, 6) is 0.173. The van der Waals surface area contributed by atoms with Crippen LogP contribution in [0, 0.1) is 5.92 Å². The largest absolute Gasteiger partial charge is 0.378 e. The van der Waals surface area contributed by atoms with Gasteiger partial charge in [-0.05, 0) is 41.7 Å². The number of rotatable bonds is 1. The van der Waals surface area contributed by atoms with Crippen LogP contribution < -0.4 is 5.32 Å². The second-order valence-corrected chi connectivity index (χ2v) is 8.56. The second kappa shape index (κ2) is 6.41. The molecule has 0 saturated carbocycles. The van der Waals surface area contributed by atoms with E-state index in [0.29, 0.717) is 22.3 Å². The number of hydrogen-bond donors (Lipinski definition) is 1. The first-order valence-corrected chi connectivity index (χ1v) is 10.6. The van der Waals surface area contributed by atoms with Gasteiger partial charge >= 0.3 is 0 Å². The van der Waals surface area contributed by atoms with Gasteiger partial charge in [-0.2, -0.15) is 0 Å². The molecule has 3 atom stereocenters. The highest BCUT2D eigenvalue weighted by Crippen LogP contribution is 2.53. The van der Waals surface area contributed by atoms with Crippen molar-refractivity contribution in [1.82, 2.24) is 0 Å². The molecule has 146 valence electrons. The van der Waals surface area contributed by atoms with Gasteiger partial charge in [0.15, 0.2) is 11.6 Å². The highest BCUT2D eigenvalue weighted by molar-refractivity contribution is 6.31. The molecule has 0 spiro atoms. The summed E-state index contributed by atoms with van der Waals surface area (Å²) in [4.78, 5) is 26.6. The van der Waals surface area contributed by atoms with Crippen molar-refractivity contribution in [1.29, 1.82) is 0 Å². The maximum atomic E-state index is 13.5. The van der Waals surface area contributed by atoms with E-state index in [1.807, 2.05) is 30.3 Å².